The first-order chi connectivity index (χ1) is 8.70. The zero-order valence-corrected chi connectivity index (χ0v) is 10.5. The monoisotopic (exact) mass is 246 g/mol. The van der Waals surface area contributed by atoms with E-state index >= 15 is 0 Å². The van der Waals surface area contributed by atoms with E-state index in [0.29, 0.717) is 6.04 Å². The van der Waals surface area contributed by atoms with Crippen LogP contribution in [0, 0.1) is 10.1 Å². The fourth-order valence-corrected chi connectivity index (χ4v) is 2.34. The Morgan fingerprint density at radius 3 is 2.78 bits per heavy atom. The Morgan fingerprint density at radius 2 is 2.17 bits per heavy atom. The second-order valence-corrected chi connectivity index (χ2v) is 4.62. The molecule has 1 atom stereocenters. The molecule has 0 saturated heterocycles. The normalized spacial score (nSPS) is 16.9. The van der Waals surface area contributed by atoms with Gasteiger partial charge in [-0.05, 0) is 24.8 Å². The van der Waals surface area contributed by atoms with Gasteiger partial charge in [0.1, 0.15) is 0 Å². The highest BCUT2D eigenvalue weighted by atomic mass is 16.6. The third kappa shape index (κ3) is 2.96. The molecule has 0 aliphatic heterocycles. The number of hydrogen-bond donors (Lipinski definition) is 1. The summed E-state index contributed by atoms with van der Waals surface area (Å²) in [4.78, 5) is 10.4. The van der Waals surface area contributed by atoms with E-state index < -0.39 is 0 Å². The predicted octanol–water partition coefficient (Wildman–Crippen LogP) is 3.35. The van der Waals surface area contributed by atoms with Crippen molar-refractivity contribution < 1.29 is 4.92 Å². The first-order valence-corrected chi connectivity index (χ1v) is 6.36. The average molecular weight is 246 g/mol. The molecule has 4 heteroatoms. The molecule has 2 rings (SSSR count). The molecule has 96 valence electrons. The Balaban J connectivity index is 2.11. The van der Waals surface area contributed by atoms with Crippen molar-refractivity contribution in [1.82, 2.24) is 5.32 Å². The average Bonchev–Trinajstić information content (AvgIpc) is 2.89. The third-order valence-corrected chi connectivity index (χ3v) is 3.34. The largest absolute Gasteiger partial charge is 0.307 e. The van der Waals surface area contributed by atoms with Crippen LogP contribution in [-0.2, 0) is 0 Å². The fraction of sp³-hybridized carbons (Fsp3) is 0.429. The number of nitrogens with one attached hydrogen (secondary N) is 1. The van der Waals surface area contributed by atoms with E-state index in [1.807, 2.05) is 6.07 Å². The lowest BCUT2D eigenvalue weighted by Crippen LogP contribution is -2.30. The SMILES string of the molecule is CCC(NC1CC=CC1)c1cccc([N+](=O)[O-])c1. The summed E-state index contributed by atoms with van der Waals surface area (Å²) in [5.41, 5.74) is 1.16. The molecule has 1 aliphatic rings. The Morgan fingerprint density at radius 1 is 1.44 bits per heavy atom. The van der Waals surface area contributed by atoms with Crippen LogP contribution in [-0.4, -0.2) is 11.0 Å². The second-order valence-electron chi connectivity index (χ2n) is 4.62. The highest BCUT2D eigenvalue weighted by Crippen LogP contribution is 2.23. The molecule has 1 N–H and O–H groups in total. The fourth-order valence-electron chi connectivity index (χ4n) is 2.34. The second kappa shape index (κ2) is 5.78. The van der Waals surface area contributed by atoms with E-state index in [4.69, 9.17) is 0 Å². The zero-order chi connectivity index (χ0) is 13.0. The summed E-state index contributed by atoms with van der Waals surface area (Å²) < 4.78 is 0. The van der Waals surface area contributed by atoms with Gasteiger partial charge >= 0.3 is 0 Å². The van der Waals surface area contributed by atoms with E-state index in [0.717, 1.165) is 24.8 Å². The van der Waals surface area contributed by atoms with Gasteiger partial charge in [0.15, 0.2) is 0 Å². The number of nitro groups is 1. The molecule has 4 nitrogen and oxygen atoms in total. The van der Waals surface area contributed by atoms with Crippen molar-refractivity contribution >= 4 is 5.69 Å². The quantitative estimate of drug-likeness (QED) is 0.492. The molecule has 0 heterocycles. The number of non-ortho nitro benzene ring substituents is 1. The molecular weight excluding hydrogens is 228 g/mol. The highest BCUT2D eigenvalue weighted by molar-refractivity contribution is 5.35. The minimum absolute atomic E-state index is 0.164. The van der Waals surface area contributed by atoms with Crippen molar-refractivity contribution in [3.8, 4) is 0 Å². The first-order valence-electron chi connectivity index (χ1n) is 6.36. The Hall–Kier alpha value is -1.68. The number of nitrogens with zero attached hydrogens (tertiary/aromatic N) is 1. The van der Waals surface area contributed by atoms with Crippen LogP contribution in [0.15, 0.2) is 36.4 Å². The number of rotatable bonds is 5. The van der Waals surface area contributed by atoms with Crippen molar-refractivity contribution in [2.24, 2.45) is 0 Å². The molecule has 1 unspecified atom stereocenters. The van der Waals surface area contributed by atoms with Crippen molar-refractivity contribution in [1.29, 1.82) is 0 Å². The molecule has 0 saturated carbocycles. The summed E-state index contributed by atoms with van der Waals surface area (Å²) in [6, 6.07) is 7.57. The van der Waals surface area contributed by atoms with E-state index in [9.17, 15) is 10.1 Å². The van der Waals surface area contributed by atoms with Crippen LogP contribution >= 0.6 is 0 Å². The van der Waals surface area contributed by atoms with E-state index in [2.05, 4.69) is 24.4 Å². The maximum absolute atomic E-state index is 10.8. The van der Waals surface area contributed by atoms with Crippen molar-refractivity contribution in [3.63, 3.8) is 0 Å². The number of nitro benzene ring substituents is 1. The van der Waals surface area contributed by atoms with Gasteiger partial charge in [0.05, 0.1) is 4.92 Å². The van der Waals surface area contributed by atoms with Gasteiger partial charge in [-0.3, -0.25) is 10.1 Å². The van der Waals surface area contributed by atoms with Crippen LogP contribution in [0.5, 0.6) is 0 Å². The van der Waals surface area contributed by atoms with Crippen LogP contribution in [0.3, 0.4) is 0 Å². The van der Waals surface area contributed by atoms with Gasteiger partial charge in [-0.25, -0.2) is 0 Å². The van der Waals surface area contributed by atoms with Crippen molar-refractivity contribution in [3.05, 3.63) is 52.1 Å². The maximum Gasteiger partial charge on any atom is 0.269 e. The lowest BCUT2D eigenvalue weighted by Gasteiger charge is -2.22. The predicted molar refractivity (Wildman–Crippen MR) is 71.4 cm³/mol. The number of benzene rings is 1. The third-order valence-electron chi connectivity index (χ3n) is 3.34. The maximum atomic E-state index is 10.8. The van der Waals surface area contributed by atoms with E-state index in [1.165, 1.54) is 6.07 Å². The van der Waals surface area contributed by atoms with E-state index in [-0.39, 0.29) is 16.7 Å². The van der Waals surface area contributed by atoms with Gasteiger partial charge in [-0.2, -0.15) is 0 Å². The molecule has 1 aliphatic carbocycles. The topological polar surface area (TPSA) is 55.2 Å². The molecule has 0 aromatic heterocycles. The Bertz CT molecular complexity index is 449. The van der Waals surface area contributed by atoms with Gasteiger partial charge in [-0.1, -0.05) is 31.2 Å². The lowest BCUT2D eigenvalue weighted by atomic mass is 10.0. The summed E-state index contributed by atoms with van der Waals surface area (Å²) in [6.45, 7) is 2.10. The molecule has 0 amide bonds. The van der Waals surface area contributed by atoms with E-state index in [1.54, 1.807) is 12.1 Å². The summed E-state index contributed by atoms with van der Waals surface area (Å²) in [7, 11) is 0. The van der Waals surface area contributed by atoms with Gasteiger partial charge in [0, 0.05) is 24.2 Å². The number of hydrogen-bond acceptors (Lipinski definition) is 3. The Kier molecular flexibility index (Phi) is 4.10. The summed E-state index contributed by atoms with van der Waals surface area (Å²) >= 11 is 0. The molecule has 0 spiro atoms. The molecule has 18 heavy (non-hydrogen) atoms. The molecule has 0 fully saturated rings. The molecule has 1 aromatic carbocycles. The van der Waals surface area contributed by atoms with Gasteiger partial charge in [-0.15, -0.1) is 0 Å². The molecule has 0 bridgehead atoms. The van der Waals surface area contributed by atoms with Crippen LogP contribution in [0.1, 0.15) is 37.8 Å². The van der Waals surface area contributed by atoms with Crippen LogP contribution in [0.2, 0.25) is 0 Å². The summed E-state index contributed by atoms with van der Waals surface area (Å²) in [5.74, 6) is 0. The highest BCUT2D eigenvalue weighted by Gasteiger charge is 2.18. The Labute approximate surface area is 107 Å². The van der Waals surface area contributed by atoms with Crippen LogP contribution in [0.4, 0.5) is 5.69 Å². The van der Waals surface area contributed by atoms with Crippen LogP contribution in [0.25, 0.3) is 0 Å². The smallest absolute Gasteiger partial charge is 0.269 e. The molecular formula is C14H18N2O2. The van der Waals surface area contributed by atoms with Gasteiger partial charge < -0.3 is 5.32 Å². The van der Waals surface area contributed by atoms with Crippen molar-refractivity contribution in [2.75, 3.05) is 0 Å². The molecule has 1 aromatic rings. The van der Waals surface area contributed by atoms with Crippen molar-refractivity contribution in [2.45, 2.75) is 38.3 Å². The summed E-state index contributed by atoms with van der Waals surface area (Å²) in [5, 5.41) is 14.3. The first kappa shape index (κ1) is 12.8. The van der Waals surface area contributed by atoms with Gasteiger partial charge in [0.25, 0.3) is 5.69 Å². The van der Waals surface area contributed by atoms with Gasteiger partial charge in [0.2, 0.25) is 0 Å². The minimum atomic E-state index is -0.340. The zero-order valence-electron chi connectivity index (χ0n) is 10.5. The standard InChI is InChI=1S/C14H18N2O2/c1-2-14(15-12-7-3-4-8-12)11-6-5-9-13(10-11)16(17)18/h3-6,9-10,12,14-15H,2,7-8H2,1H3. The van der Waals surface area contributed by atoms with Crippen LogP contribution < -0.4 is 5.32 Å². The minimum Gasteiger partial charge on any atom is -0.307 e. The lowest BCUT2D eigenvalue weighted by molar-refractivity contribution is -0.384. The molecule has 0 radical (unpaired) electrons. The summed E-state index contributed by atoms with van der Waals surface area (Å²) in [6.07, 6.45) is 7.38.